The second kappa shape index (κ2) is 10.9. The molecule has 38 heavy (non-hydrogen) atoms. The number of carbonyl (C=O) groups is 4. The second-order valence-corrected chi connectivity index (χ2v) is 9.35. The van der Waals surface area contributed by atoms with Crippen molar-refractivity contribution in [2.45, 2.75) is 45.8 Å². The number of hydrogen-bond donors (Lipinski definition) is 3. The van der Waals surface area contributed by atoms with Crippen LogP contribution >= 0.6 is 0 Å². The third-order valence-electron chi connectivity index (χ3n) is 6.40. The number of nitrogens with one attached hydrogen (secondary N) is 3. The summed E-state index contributed by atoms with van der Waals surface area (Å²) in [4.78, 5) is 53.6. The first kappa shape index (κ1) is 26.6. The first-order valence-corrected chi connectivity index (χ1v) is 12.3. The van der Waals surface area contributed by atoms with Crippen LogP contribution in [0.2, 0.25) is 0 Å². The highest BCUT2D eigenvalue weighted by Crippen LogP contribution is 2.36. The number of carbonyl (C=O) groups excluding carboxylic acids is 4. The zero-order valence-corrected chi connectivity index (χ0v) is 21.7. The maximum Gasteiger partial charge on any atom is 0.407 e. The molecule has 1 unspecified atom stereocenters. The van der Waals surface area contributed by atoms with E-state index in [1.165, 1.54) is 14.0 Å². The molecule has 1 fully saturated rings. The van der Waals surface area contributed by atoms with E-state index in [-0.39, 0.29) is 30.5 Å². The van der Waals surface area contributed by atoms with Crippen molar-refractivity contribution in [3.8, 4) is 5.75 Å². The first-order chi connectivity index (χ1) is 18.1. The number of aromatic nitrogens is 1. The van der Waals surface area contributed by atoms with Crippen molar-refractivity contribution in [1.29, 1.82) is 0 Å². The van der Waals surface area contributed by atoms with Crippen molar-refractivity contribution in [3.63, 3.8) is 0 Å². The fourth-order valence-corrected chi connectivity index (χ4v) is 4.66. The molecule has 1 saturated heterocycles. The Morgan fingerprint density at radius 2 is 2.00 bits per heavy atom. The van der Waals surface area contributed by atoms with Crippen LogP contribution in [0.5, 0.6) is 5.75 Å². The minimum atomic E-state index is -1.46. The fraction of sp³-hybridized carbons (Fsp3) is 0.370. The Morgan fingerprint density at radius 1 is 1.21 bits per heavy atom. The lowest BCUT2D eigenvalue weighted by molar-refractivity contribution is -0.125. The van der Waals surface area contributed by atoms with E-state index in [0.29, 0.717) is 40.9 Å². The zero-order valence-electron chi connectivity index (χ0n) is 21.7. The zero-order chi connectivity index (χ0) is 27.4. The predicted octanol–water partition coefficient (Wildman–Crippen LogP) is 3.59. The van der Waals surface area contributed by atoms with Gasteiger partial charge < -0.3 is 24.5 Å². The Kier molecular flexibility index (Phi) is 7.65. The van der Waals surface area contributed by atoms with Gasteiger partial charge in [0.1, 0.15) is 23.6 Å². The molecule has 2 aromatic heterocycles. The Hall–Kier alpha value is -4.41. The monoisotopic (exact) mass is 522 g/mol. The molecule has 3 heterocycles. The summed E-state index contributed by atoms with van der Waals surface area (Å²) in [6, 6.07) is 7.99. The number of nitrogens with zero attached hydrogens (tertiary/aromatic N) is 1. The molecule has 1 aliphatic heterocycles. The van der Waals surface area contributed by atoms with E-state index in [0.717, 1.165) is 5.56 Å². The molecule has 0 saturated carbocycles. The average Bonchev–Trinajstić information content (AvgIpc) is 3.43. The van der Waals surface area contributed by atoms with Crippen molar-refractivity contribution in [2.24, 2.45) is 5.92 Å². The molecule has 0 radical (unpaired) electrons. The SMILES string of the molecule is CCNC(=O)OCc1cnc2cc([C@]3(CC(C)Cc4ccc(OC)cc4C(C)=O)NC(=O)NC3=O)oc2c1. The quantitative estimate of drug-likeness (QED) is 0.270. The topological polar surface area (TPSA) is 149 Å². The minimum absolute atomic E-state index is 0.00938. The Bertz CT molecular complexity index is 1400. The molecule has 4 amide bonds. The van der Waals surface area contributed by atoms with Crippen molar-refractivity contribution in [1.82, 2.24) is 20.9 Å². The number of Topliss-reactive ketones (excluding diaryl/α,β-unsaturated/α-hetero) is 1. The summed E-state index contributed by atoms with van der Waals surface area (Å²) in [7, 11) is 1.54. The summed E-state index contributed by atoms with van der Waals surface area (Å²) < 4.78 is 16.4. The van der Waals surface area contributed by atoms with E-state index in [1.807, 2.05) is 13.0 Å². The molecular formula is C27H30N4O7. The second-order valence-electron chi connectivity index (χ2n) is 9.35. The summed E-state index contributed by atoms with van der Waals surface area (Å²) in [6.07, 6.45) is 1.69. The number of rotatable bonds is 10. The van der Waals surface area contributed by atoms with Crippen LogP contribution in [0.1, 0.15) is 54.4 Å². The molecule has 11 nitrogen and oxygen atoms in total. The van der Waals surface area contributed by atoms with E-state index in [2.05, 4.69) is 20.9 Å². The summed E-state index contributed by atoms with van der Waals surface area (Å²) in [5.74, 6) is 0.0418. The van der Waals surface area contributed by atoms with Gasteiger partial charge in [0.25, 0.3) is 5.91 Å². The van der Waals surface area contributed by atoms with Gasteiger partial charge in [0, 0.05) is 29.9 Å². The number of methoxy groups -OCH3 is 1. The number of ketones is 1. The maximum absolute atomic E-state index is 13.1. The van der Waals surface area contributed by atoms with Gasteiger partial charge >= 0.3 is 12.1 Å². The van der Waals surface area contributed by atoms with E-state index in [1.54, 1.807) is 37.4 Å². The number of amides is 4. The van der Waals surface area contributed by atoms with Crippen LogP contribution in [0.3, 0.4) is 0 Å². The fourth-order valence-electron chi connectivity index (χ4n) is 4.66. The number of alkyl carbamates (subject to hydrolysis) is 1. The molecular weight excluding hydrogens is 492 g/mol. The van der Waals surface area contributed by atoms with E-state index in [9.17, 15) is 19.2 Å². The minimum Gasteiger partial charge on any atom is -0.497 e. The third kappa shape index (κ3) is 5.46. The van der Waals surface area contributed by atoms with Crippen LogP contribution in [-0.2, 0) is 28.1 Å². The van der Waals surface area contributed by atoms with Gasteiger partial charge in [-0.1, -0.05) is 13.0 Å². The highest BCUT2D eigenvalue weighted by atomic mass is 16.5. The van der Waals surface area contributed by atoms with Gasteiger partial charge in [-0.3, -0.25) is 19.9 Å². The molecule has 1 aromatic carbocycles. The van der Waals surface area contributed by atoms with Crippen LogP contribution in [-0.4, -0.2) is 42.5 Å². The van der Waals surface area contributed by atoms with E-state index < -0.39 is 23.6 Å². The molecule has 3 N–H and O–H groups in total. The normalized spacial score (nSPS) is 17.6. The molecule has 2 atom stereocenters. The van der Waals surface area contributed by atoms with Gasteiger partial charge in [-0.15, -0.1) is 0 Å². The lowest BCUT2D eigenvalue weighted by atomic mass is 9.82. The molecule has 4 rings (SSSR count). The van der Waals surface area contributed by atoms with Crippen LogP contribution in [0.25, 0.3) is 11.1 Å². The molecule has 0 spiro atoms. The summed E-state index contributed by atoms with van der Waals surface area (Å²) in [5.41, 5.74) is 1.36. The van der Waals surface area contributed by atoms with E-state index >= 15 is 0 Å². The Labute approximate surface area is 219 Å². The lowest BCUT2D eigenvalue weighted by Gasteiger charge is -2.27. The number of benzene rings is 1. The van der Waals surface area contributed by atoms with Crippen LogP contribution in [0, 0.1) is 5.92 Å². The van der Waals surface area contributed by atoms with Gasteiger partial charge in [-0.25, -0.2) is 9.59 Å². The molecule has 200 valence electrons. The molecule has 0 aliphatic carbocycles. The largest absolute Gasteiger partial charge is 0.497 e. The van der Waals surface area contributed by atoms with Gasteiger partial charge in [-0.2, -0.15) is 0 Å². The molecule has 1 aliphatic rings. The van der Waals surface area contributed by atoms with Crippen LogP contribution in [0.4, 0.5) is 9.59 Å². The number of fused-ring (bicyclic) bond motifs is 1. The highest BCUT2D eigenvalue weighted by molar-refractivity contribution is 6.07. The standard InChI is InChI=1S/C27H30N4O7/c1-5-28-26(35)37-14-17-9-22-21(29-13-17)11-23(38-22)27(24(33)30-25(34)31-27)12-15(2)8-18-6-7-19(36-4)10-20(18)16(3)32/h6-7,9-11,13,15H,5,8,12,14H2,1-4H3,(H,28,35)(H2,30,31,33,34)/t15?,27-/m0/s1. The van der Waals surface area contributed by atoms with Crippen LogP contribution in [0.15, 0.2) is 40.9 Å². The van der Waals surface area contributed by atoms with Crippen molar-refractivity contribution >= 4 is 34.9 Å². The number of ether oxygens (including phenoxy) is 2. The van der Waals surface area contributed by atoms with Gasteiger partial charge in [0.05, 0.1) is 7.11 Å². The van der Waals surface area contributed by atoms with E-state index in [4.69, 9.17) is 13.9 Å². The highest BCUT2D eigenvalue weighted by Gasteiger charge is 2.51. The van der Waals surface area contributed by atoms with Gasteiger partial charge in [-0.05, 0) is 56.4 Å². The number of furan rings is 1. The Balaban J connectivity index is 1.61. The molecule has 11 heteroatoms. The predicted molar refractivity (Wildman–Crippen MR) is 137 cm³/mol. The van der Waals surface area contributed by atoms with Crippen molar-refractivity contribution in [3.05, 3.63) is 59.0 Å². The number of urea groups is 1. The molecule has 0 bridgehead atoms. The smallest absolute Gasteiger partial charge is 0.407 e. The summed E-state index contributed by atoms with van der Waals surface area (Å²) in [5, 5.41) is 7.61. The van der Waals surface area contributed by atoms with Crippen molar-refractivity contribution < 1.29 is 33.1 Å². The van der Waals surface area contributed by atoms with Gasteiger partial charge in [0.2, 0.25) is 0 Å². The lowest BCUT2D eigenvalue weighted by Crippen LogP contribution is -2.45. The third-order valence-corrected chi connectivity index (χ3v) is 6.40. The molecule has 3 aromatic rings. The van der Waals surface area contributed by atoms with Crippen LogP contribution < -0.4 is 20.7 Å². The first-order valence-electron chi connectivity index (χ1n) is 12.3. The number of pyridine rings is 1. The summed E-state index contributed by atoms with van der Waals surface area (Å²) >= 11 is 0. The maximum atomic E-state index is 13.1. The number of imide groups is 1. The van der Waals surface area contributed by atoms with Gasteiger partial charge in [0.15, 0.2) is 16.9 Å². The van der Waals surface area contributed by atoms with Crippen molar-refractivity contribution in [2.75, 3.05) is 13.7 Å². The average molecular weight is 523 g/mol. The number of hydrogen-bond acceptors (Lipinski definition) is 8. The Morgan fingerprint density at radius 3 is 2.66 bits per heavy atom. The summed E-state index contributed by atoms with van der Waals surface area (Å²) in [6.45, 7) is 5.65.